The molecular weight excluding hydrogens is 402 g/mol. The molecule has 0 fully saturated rings. The van der Waals surface area contributed by atoms with Gasteiger partial charge in [0, 0.05) is 7.05 Å². The Labute approximate surface area is 166 Å². The lowest BCUT2D eigenvalue weighted by Crippen LogP contribution is -2.42. The van der Waals surface area contributed by atoms with E-state index in [0.717, 1.165) is 11.0 Å². The molecule has 0 radical (unpaired) electrons. The number of ether oxygens (including phenoxy) is 1. The standard InChI is InChI=1S/C18H17N3O7S/c1-19-18(25)12-4-2-3-5-13(12)20-29(26,27)11-6-7-15-14(8-11)21(9-17(23)24)16(22)10-28-15/h2-8,20H,9-10H2,1H3,(H,19,25)(H,23,24). The van der Waals surface area contributed by atoms with E-state index in [1.807, 2.05) is 0 Å². The van der Waals surface area contributed by atoms with Crippen molar-refractivity contribution in [3.63, 3.8) is 0 Å². The van der Waals surface area contributed by atoms with Crippen LogP contribution in [0.25, 0.3) is 0 Å². The summed E-state index contributed by atoms with van der Waals surface area (Å²) < 4.78 is 33.3. The molecule has 3 rings (SSSR count). The number of sulfonamides is 1. The number of fused-ring (bicyclic) bond motifs is 1. The molecule has 2 aromatic carbocycles. The van der Waals surface area contributed by atoms with E-state index < -0.39 is 34.4 Å². The van der Waals surface area contributed by atoms with Crippen LogP contribution in [0.5, 0.6) is 5.75 Å². The summed E-state index contributed by atoms with van der Waals surface area (Å²) in [7, 11) is -2.73. The molecule has 29 heavy (non-hydrogen) atoms. The summed E-state index contributed by atoms with van der Waals surface area (Å²) >= 11 is 0. The summed E-state index contributed by atoms with van der Waals surface area (Å²) in [5, 5.41) is 11.5. The summed E-state index contributed by atoms with van der Waals surface area (Å²) in [6.45, 7) is -0.976. The van der Waals surface area contributed by atoms with Crippen LogP contribution in [0.4, 0.5) is 11.4 Å². The molecule has 10 nitrogen and oxygen atoms in total. The smallest absolute Gasteiger partial charge is 0.323 e. The number of hydrogen-bond donors (Lipinski definition) is 3. The monoisotopic (exact) mass is 419 g/mol. The number of rotatable bonds is 6. The lowest BCUT2D eigenvalue weighted by Gasteiger charge is -2.28. The number of aliphatic carboxylic acids is 1. The Balaban J connectivity index is 1.99. The minimum atomic E-state index is -4.15. The Kier molecular flexibility index (Phi) is 5.41. The molecule has 152 valence electrons. The highest BCUT2D eigenvalue weighted by atomic mass is 32.2. The number of nitrogens with zero attached hydrogens (tertiary/aromatic N) is 1. The summed E-state index contributed by atoms with van der Waals surface area (Å²) in [6.07, 6.45) is 0. The Morgan fingerprint density at radius 2 is 1.93 bits per heavy atom. The normalized spacial score (nSPS) is 13.3. The zero-order chi connectivity index (χ0) is 21.2. The number of carboxylic acid groups (broad SMARTS) is 1. The van der Waals surface area contributed by atoms with Gasteiger partial charge in [-0.15, -0.1) is 0 Å². The second-order valence-corrected chi connectivity index (χ2v) is 7.70. The van der Waals surface area contributed by atoms with E-state index in [9.17, 15) is 22.8 Å². The van der Waals surface area contributed by atoms with E-state index in [0.29, 0.717) is 0 Å². The number of anilines is 2. The van der Waals surface area contributed by atoms with Crippen LogP contribution in [0, 0.1) is 0 Å². The van der Waals surface area contributed by atoms with Crippen LogP contribution < -0.4 is 19.7 Å². The molecule has 0 aliphatic carbocycles. The van der Waals surface area contributed by atoms with Gasteiger partial charge in [-0.3, -0.25) is 24.0 Å². The molecule has 0 saturated carbocycles. The van der Waals surface area contributed by atoms with Crippen molar-refractivity contribution in [2.24, 2.45) is 0 Å². The van der Waals surface area contributed by atoms with Crippen molar-refractivity contribution in [2.45, 2.75) is 4.90 Å². The number of para-hydroxylation sites is 1. The molecule has 1 heterocycles. The molecule has 0 unspecified atom stereocenters. The highest BCUT2D eigenvalue weighted by Crippen LogP contribution is 2.34. The Morgan fingerprint density at radius 3 is 2.62 bits per heavy atom. The van der Waals surface area contributed by atoms with Gasteiger partial charge in [-0.1, -0.05) is 12.1 Å². The Bertz CT molecular complexity index is 1100. The van der Waals surface area contributed by atoms with Gasteiger partial charge >= 0.3 is 5.97 Å². The first-order chi connectivity index (χ1) is 13.7. The summed E-state index contributed by atoms with van der Waals surface area (Å²) in [4.78, 5) is 35.8. The number of nitrogens with one attached hydrogen (secondary N) is 2. The molecular formula is C18H17N3O7S. The third-order valence-corrected chi connectivity index (χ3v) is 5.48. The van der Waals surface area contributed by atoms with E-state index in [2.05, 4.69) is 10.0 Å². The van der Waals surface area contributed by atoms with Crippen LogP contribution in [0.15, 0.2) is 47.4 Å². The van der Waals surface area contributed by atoms with Crippen molar-refractivity contribution < 1.29 is 32.6 Å². The van der Waals surface area contributed by atoms with Gasteiger partial charge in [0.1, 0.15) is 12.3 Å². The van der Waals surface area contributed by atoms with Crippen LogP contribution in [0.2, 0.25) is 0 Å². The van der Waals surface area contributed by atoms with Crippen molar-refractivity contribution in [1.29, 1.82) is 0 Å². The van der Waals surface area contributed by atoms with Gasteiger partial charge in [-0.05, 0) is 30.3 Å². The van der Waals surface area contributed by atoms with E-state index in [4.69, 9.17) is 9.84 Å². The second-order valence-electron chi connectivity index (χ2n) is 6.02. The number of amides is 2. The summed E-state index contributed by atoms with van der Waals surface area (Å²) in [5.41, 5.74) is 0.230. The van der Waals surface area contributed by atoms with E-state index in [-0.39, 0.29) is 34.2 Å². The van der Waals surface area contributed by atoms with Crippen molar-refractivity contribution >= 4 is 39.2 Å². The molecule has 2 amide bonds. The fourth-order valence-corrected chi connectivity index (χ4v) is 3.87. The minimum absolute atomic E-state index is 0.0334. The van der Waals surface area contributed by atoms with Crippen LogP contribution in [0.3, 0.4) is 0 Å². The van der Waals surface area contributed by atoms with Gasteiger partial charge in [0.15, 0.2) is 6.61 Å². The first-order valence-electron chi connectivity index (χ1n) is 8.36. The van der Waals surface area contributed by atoms with Crippen molar-refractivity contribution in [1.82, 2.24) is 5.32 Å². The summed E-state index contributed by atoms with van der Waals surface area (Å²) in [5.74, 6) is -2.14. The van der Waals surface area contributed by atoms with E-state index in [1.54, 1.807) is 12.1 Å². The molecule has 1 aliphatic rings. The number of benzene rings is 2. The van der Waals surface area contributed by atoms with Gasteiger partial charge in [-0.25, -0.2) is 8.42 Å². The quantitative estimate of drug-likeness (QED) is 0.624. The highest BCUT2D eigenvalue weighted by Gasteiger charge is 2.29. The number of hydrogen-bond acceptors (Lipinski definition) is 6. The molecule has 1 aliphatic heterocycles. The second kappa shape index (κ2) is 7.80. The lowest BCUT2D eigenvalue weighted by atomic mass is 10.2. The van der Waals surface area contributed by atoms with Crippen LogP contribution >= 0.6 is 0 Å². The molecule has 3 N–H and O–H groups in total. The number of carbonyl (C=O) groups is 3. The number of carboxylic acids is 1. The van der Waals surface area contributed by atoms with Gasteiger partial charge in [0.2, 0.25) is 0 Å². The topological polar surface area (TPSA) is 142 Å². The van der Waals surface area contributed by atoms with Crippen molar-refractivity contribution in [3.8, 4) is 5.75 Å². The fraction of sp³-hybridized carbons (Fsp3) is 0.167. The molecule has 2 aromatic rings. The van der Waals surface area contributed by atoms with E-state index >= 15 is 0 Å². The first kappa shape index (κ1) is 20.1. The molecule has 0 saturated heterocycles. The maximum Gasteiger partial charge on any atom is 0.323 e. The highest BCUT2D eigenvalue weighted by molar-refractivity contribution is 7.92. The molecule has 0 bridgehead atoms. The van der Waals surface area contributed by atoms with Crippen LogP contribution in [-0.2, 0) is 19.6 Å². The van der Waals surface area contributed by atoms with Gasteiger partial charge in [-0.2, -0.15) is 0 Å². The SMILES string of the molecule is CNC(=O)c1ccccc1NS(=O)(=O)c1ccc2c(c1)N(CC(=O)O)C(=O)CO2. The Hall–Kier alpha value is -3.60. The molecule has 0 atom stereocenters. The van der Waals surface area contributed by atoms with Crippen molar-refractivity contribution in [2.75, 3.05) is 29.8 Å². The average Bonchev–Trinajstić information content (AvgIpc) is 2.69. The van der Waals surface area contributed by atoms with Crippen molar-refractivity contribution in [3.05, 3.63) is 48.0 Å². The largest absolute Gasteiger partial charge is 0.482 e. The van der Waals surface area contributed by atoms with E-state index in [1.165, 1.54) is 31.3 Å². The van der Waals surface area contributed by atoms with Gasteiger partial charge < -0.3 is 15.2 Å². The predicted octanol–water partition coefficient (Wildman–Crippen LogP) is 0.657. The minimum Gasteiger partial charge on any atom is -0.482 e. The van der Waals surface area contributed by atoms with Gasteiger partial charge in [0.05, 0.1) is 21.8 Å². The maximum absolute atomic E-state index is 12.9. The van der Waals surface area contributed by atoms with Crippen LogP contribution in [-0.4, -0.2) is 51.5 Å². The molecule has 11 heteroatoms. The summed E-state index contributed by atoms with van der Waals surface area (Å²) in [6, 6.07) is 9.81. The Morgan fingerprint density at radius 1 is 1.21 bits per heavy atom. The maximum atomic E-state index is 12.9. The lowest BCUT2D eigenvalue weighted by molar-refractivity contribution is -0.137. The third kappa shape index (κ3) is 4.14. The zero-order valence-corrected chi connectivity index (χ0v) is 16.0. The molecule has 0 spiro atoms. The predicted molar refractivity (Wildman–Crippen MR) is 103 cm³/mol. The first-order valence-corrected chi connectivity index (χ1v) is 9.84. The fourth-order valence-electron chi connectivity index (χ4n) is 2.77. The number of carbonyl (C=O) groups excluding carboxylic acids is 2. The third-order valence-electron chi connectivity index (χ3n) is 4.12. The van der Waals surface area contributed by atoms with Gasteiger partial charge in [0.25, 0.3) is 21.8 Å². The zero-order valence-electron chi connectivity index (χ0n) is 15.2. The van der Waals surface area contributed by atoms with Crippen LogP contribution in [0.1, 0.15) is 10.4 Å². The molecule has 0 aromatic heterocycles. The average molecular weight is 419 g/mol.